The molecule has 0 radical (unpaired) electrons. The van der Waals surface area contributed by atoms with Crippen molar-refractivity contribution in [2.24, 2.45) is 0 Å². The largest absolute Gasteiger partial charge is 0.483 e. The zero-order valence-corrected chi connectivity index (χ0v) is 21.1. The topological polar surface area (TPSA) is 103 Å². The van der Waals surface area contributed by atoms with Crippen LogP contribution in [0.3, 0.4) is 0 Å². The predicted octanol–water partition coefficient (Wildman–Crippen LogP) is 5.01. The van der Waals surface area contributed by atoms with Gasteiger partial charge in [-0.1, -0.05) is 60.7 Å². The van der Waals surface area contributed by atoms with Crippen LogP contribution in [0.2, 0.25) is 0 Å². The van der Waals surface area contributed by atoms with Gasteiger partial charge in [-0.15, -0.1) is 0 Å². The molecule has 4 rings (SSSR count). The quantitative estimate of drug-likeness (QED) is 0.238. The molecular weight excluding hydrogens is 496 g/mol. The first-order valence-corrected chi connectivity index (χ1v) is 12.3. The lowest BCUT2D eigenvalue weighted by Crippen LogP contribution is -2.48. The van der Waals surface area contributed by atoms with Gasteiger partial charge in [0, 0.05) is 5.69 Å². The second kappa shape index (κ2) is 14.1. The summed E-state index contributed by atoms with van der Waals surface area (Å²) in [6, 6.07) is 31.3. The minimum absolute atomic E-state index is 0.0629. The smallest absolute Gasteiger partial charge is 0.258 e. The molecule has 0 aliphatic rings. The number of anilines is 1. The number of rotatable bonds is 13. The molecule has 0 heterocycles. The number of carbonyl (C=O) groups excluding carboxylic acids is 3. The number of ether oxygens (including phenoxy) is 3. The van der Waals surface area contributed by atoms with E-state index in [9.17, 15) is 14.4 Å². The molecule has 2 amide bonds. The van der Waals surface area contributed by atoms with E-state index in [0.717, 1.165) is 5.56 Å². The molecule has 0 bridgehead atoms. The highest BCUT2D eigenvalue weighted by atomic mass is 16.5. The van der Waals surface area contributed by atoms with E-state index in [4.69, 9.17) is 14.2 Å². The number of aldehydes is 1. The van der Waals surface area contributed by atoms with Crippen LogP contribution in [-0.2, 0) is 20.9 Å². The summed E-state index contributed by atoms with van der Waals surface area (Å²) >= 11 is 0. The van der Waals surface area contributed by atoms with Crippen molar-refractivity contribution >= 4 is 23.8 Å². The molecule has 39 heavy (non-hydrogen) atoms. The number of benzene rings is 4. The van der Waals surface area contributed by atoms with Gasteiger partial charge < -0.3 is 24.8 Å². The Kier molecular flexibility index (Phi) is 9.80. The molecule has 8 heteroatoms. The van der Waals surface area contributed by atoms with Crippen LogP contribution in [0, 0.1) is 0 Å². The average molecular weight is 525 g/mol. The van der Waals surface area contributed by atoms with E-state index in [1.807, 2.05) is 60.7 Å². The fraction of sp³-hybridized carbons (Fsp3) is 0.129. The number of amides is 2. The number of nitrogens with one attached hydrogen (secondary N) is 2. The predicted molar refractivity (Wildman–Crippen MR) is 147 cm³/mol. The van der Waals surface area contributed by atoms with Crippen molar-refractivity contribution in [2.75, 3.05) is 18.5 Å². The third kappa shape index (κ3) is 8.55. The standard InChI is InChI=1S/C31H28N2O6/c34-19-24-11-7-8-14-29(24)38-22-30(35)33-28(21-37-20-23-9-3-1-4-10-23)31(36)32-25-15-17-27(18-16-25)39-26-12-5-2-6-13-26/h1-19,28H,20-22H2,(H,32,36)(H,33,35). The third-order valence-corrected chi connectivity index (χ3v) is 5.55. The molecule has 1 atom stereocenters. The Morgan fingerprint density at radius 3 is 2.13 bits per heavy atom. The zero-order valence-electron chi connectivity index (χ0n) is 21.1. The Morgan fingerprint density at radius 2 is 1.41 bits per heavy atom. The summed E-state index contributed by atoms with van der Waals surface area (Å²) in [5.41, 5.74) is 1.79. The molecule has 0 fully saturated rings. The monoisotopic (exact) mass is 524 g/mol. The van der Waals surface area contributed by atoms with Crippen molar-refractivity contribution in [1.29, 1.82) is 0 Å². The second-order valence-electron chi connectivity index (χ2n) is 8.49. The van der Waals surface area contributed by atoms with Crippen molar-refractivity contribution in [3.05, 3.63) is 120 Å². The first-order valence-electron chi connectivity index (χ1n) is 12.3. The molecule has 0 saturated carbocycles. The van der Waals surface area contributed by atoms with E-state index < -0.39 is 17.9 Å². The Labute approximate surface area is 226 Å². The molecule has 0 aliphatic heterocycles. The van der Waals surface area contributed by atoms with Gasteiger partial charge in [0.05, 0.1) is 18.8 Å². The van der Waals surface area contributed by atoms with Crippen molar-refractivity contribution in [3.8, 4) is 17.2 Å². The van der Waals surface area contributed by atoms with Crippen LogP contribution < -0.4 is 20.1 Å². The fourth-order valence-electron chi connectivity index (χ4n) is 3.60. The molecule has 4 aromatic rings. The Bertz CT molecular complexity index is 1360. The maximum absolute atomic E-state index is 13.1. The van der Waals surface area contributed by atoms with Crippen molar-refractivity contribution in [1.82, 2.24) is 5.32 Å². The second-order valence-corrected chi connectivity index (χ2v) is 8.49. The molecule has 2 N–H and O–H groups in total. The zero-order chi connectivity index (χ0) is 27.3. The first-order chi connectivity index (χ1) is 19.1. The average Bonchev–Trinajstić information content (AvgIpc) is 2.98. The number of para-hydroxylation sites is 2. The van der Waals surface area contributed by atoms with Gasteiger partial charge in [0.15, 0.2) is 12.9 Å². The van der Waals surface area contributed by atoms with Crippen LogP contribution in [0.1, 0.15) is 15.9 Å². The van der Waals surface area contributed by atoms with Gasteiger partial charge in [-0.2, -0.15) is 0 Å². The molecule has 0 spiro atoms. The number of hydrogen-bond donors (Lipinski definition) is 2. The van der Waals surface area contributed by atoms with Crippen LogP contribution in [0.5, 0.6) is 17.2 Å². The molecule has 1 unspecified atom stereocenters. The molecule has 4 aromatic carbocycles. The maximum atomic E-state index is 13.1. The van der Waals surface area contributed by atoms with Crippen LogP contribution >= 0.6 is 0 Å². The number of hydrogen-bond acceptors (Lipinski definition) is 6. The van der Waals surface area contributed by atoms with Gasteiger partial charge in [-0.3, -0.25) is 14.4 Å². The van der Waals surface area contributed by atoms with Crippen molar-refractivity contribution in [3.63, 3.8) is 0 Å². The Morgan fingerprint density at radius 1 is 0.769 bits per heavy atom. The highest BCUT2D eigenvalue weighted by Crippen LogP contribution is 2.22. The SMILES string of the molecule is O=Cc1ccccc1OCC(=O)NC(COCc1ccccc1)C(=O)Nc1ccc(Oc2ccccc2)cc1. The van der Waals surface area contributed by atoms with Gasteiger partial charge in [0.2, 0.25) is 5.91 Å². The summed E-state index contributed by atoms with van der Waals surface area (Å²) in [5.74, 6) is 0.600. The minimum Gasteiger partial charge on any atom is -0.483 e. The summed E-state index contributed by atoms with van der Waals surface area (Å²) in [6.45, 7) is -0.166. The van der Waals surface area contributed by atoms with Crippen LogP contribution in [-0.4, -0.2) is 37.4 Å². The molecular formula is C31H28N2O6. The van der Waals surface area contributed by atoms with Gasteiger partial charge in [-0.25, -0.2) is 0 Å². The lowest BCUT2D eigenvalue weighted by molar-refractivity contribution is -0.129. The molecule has 8 nitrogen and oxygen atoms in total. The summed E-state index contributed by atoms with van der Waals surface area (Å²) in [6.07, 6.45) is 0.650. The maximum Gasteiger partial charge on any atom is 0.258 e. The molecule has 198 valence electrons. The van der Waals surface area contributed by atoms with Gasteiger partial charge >= 0.3 is 0 Å². The van der Waals surface area contributed by atoms with Gasteiger partial charge in [0.25, 0.3) is 5.91 Å². The van der Waals surface area contributed by atoms with Crippen molar-refractivity contribution in [2.45, 2.75) is 12.6 Å². The van der Waals surface area contributed by atoms with E-state index in [0.29, 0.717) is 29.0 Å². The minimum atomic E-state index is -0.994. The van der Waals surface area contributed by atoms with Crippen LogP contribution in [0.15, 0.2) is 109 Å². The molecule has 0 aliphatic carbocycles. The van der Waals surface area contributed by atoms with Crippen LogP contribution in [0.25, 0.3) is 0 Å². The number of carbonyl (C=O) groups is 3. The van der Waals surface area contributed by atoms with Crippen molar-refractivity contribution < 1.29 is 28.6 Å². The Hall–Kier alpha value is -4.95. The molecule has 0 aromatic heterocycles. The van der Waals surface area contributed by atoms with E-state index in [-0.39, 0.29) is 25.6 Å². The normalized spacial score (nSPS) is 11.2. The van der Waals surface area contributed by atoms with E-state index >= 15 is 0 Å². The summed E-state index contributed by atoms with van der Waals surface area (Å²) in [7, 11) is 0. The highest BCUT2D eigenvalue weighted by Gasteiger charge is 2.22. The van der Waals surface area contributed by atoms with E-state index in [1.54, 1.807) is 48.5 Å². The van der Waals surface area contributed by atoms with Crippen LogP contribution in [0.4, 0.5) is 5.69 Å². The summed E-state index contributed by atoms with van der Waals surface area (Å²) < 4.78 is 17.0. The fourth-order valence-corrected chi connectivity index (χ4v) is 3.60. The van der Waals surface area contributed by atoms with Gasteiger partial charge in [-0.05, 0) is 54.1 Å². The summed E-state index contributed by atoms with van der Waals surface area (Å²) in [5, 5.41) is 5.46. The van der Waals surface area contributed by atoms with E-state index in [2.05, 4.69) is 10.6 Å². The highest BCUT2D eigenvalue weighted by molar-refractivity contribution is 5.97. The lowest BCUT2D eigenvalue weighted by atomic mass is 10.2. The Balaban J connectivity index is 1.37. The lowest BCUT2D eigenvalue weighted by Gasteiger charge is -2.19. The first kappa shape index (κ1) is 27.1. The van der Waals surface area contributed by atoms with E-state index in [1.165, 1.54) is 0 Å². The van der Waals surface area contributed by atoms with Gasteiger partial charge in [0.1, 0.15) is 23.3 Å². The molecule has 0 saturated heterocycles. The summed E-state index contributed by atoms with van der Waals surface area (Å²) in [4.78, 5) is 37.0. The third-order valence-electron chi connectivity index (χ3n) is 5.55.